The normalized spacial score (nSPS) is 12.7. The highest BCUT2D eigenvalue weighted by molar-refractivity contribution is 5.71. The molecule has 1 unspecified atom stereocenters. The average molecular weight is 962 g/mol. The van der Waals surface area contributed by atoms with Gasteiger partial charge in [0.2, 0.25) is 0 Å². The topological polar surface area (TPSA) is 78.9 Å². The van der Waals surface area contributed by atoms with E-state index in [2.05, 4.69) is 106 Å². The Morgan fingerprint density at radius 1 is 0.304 bits per heavy atom. The van der Waals surface area contributed by atoms with E-state index < -0.39 is 6.10 Å². The molecule has 0 aromatic heterocycles. The van der Waals surface area contributed by atoms with Crippen LogP contribution in [0.4, 0.5) is 0 Å². The Morgan fingerprint density at radius 2 is 0.565 bits per heavy atom. The lowest BCUT2D eigenvalue weighted by atomic mass is 10.1. The van der Waals surface area contributed by atoms with Crippen LogP contribution in [0.15, 0.2) is 85.1 Å². The fraction of sp³-hybridized carbons (Fsp3) is 0.730. The molecule has 0 rings (SSSR count). The van der Waals surface area contributed by atoms with Crippen molar-refractivity contribution >= 4 is 17.9 Å². The minimum atomic E-state index is -0.773. The molecule has 0 aromatic carbocycles. The second-order valence-electron chi connectivity index (χ2n) is 19.2. The summed E-state index contributed by atoms with van der Waals surface area (Å²) in [6, 6.07) is 0. The first kappa shape index (κ1) is 65.6. The molecule has 0 spiro atoms. The van der Waals surface area contributed by atoms with E-state index >= 15 is 0 Å². The molecule has 396 valence electrons. The summed E-state index contributed by atoms with van der Waals surface area (Å²) in [6.45, 7) is 6.50. The molecule has 0 saturated carbocycles. The van der Waals surface area contributed by atoms with Crippen LogP contribution in [0.25, 0.3) is 0 Å². The molecule has 6 nitrogen and oxygen atoms in total. The number of ether oxygens (including phenoxy) is 3. The number of rotatable bonds is 52. The summed E-state index contributed by atoms with van der Waals surface area (Å²) in [6.07, 6.45) is 74.5. The zero-order valence-electron chi connectivity index (χ0n) is 45.3. The van der Waals surface area contributed by atoms with Gasteiger partial charge in [0.1, 0.15) is 13.2 Å². The van der Waals surface area contributed by atoms with Crippen LogP contribution in [-0.2, 0) is 28.6 Å². The van der Waals surface area contributed by atoms with Crippen LogP contribution < -0.4 is 0 Å². The lowest BCUT2D eigenvalue weighted by Crippen LogP contribution is -2.30. The van der Waals surface area contributed by atoms with Crippen LogP contribution in [0.1, 0.15) is 278 Å². The minimum Gasteiger partial charge on any atom is -0.462 e. The first-order valence-corrected chi connectivity index (χ1v) is 29.1. The van der Waals surface area contributed by atoms with Gasteiger partial charge in [0.25, 0.3) is 0 Å². The Bertz CT molecular complexity index is 1330. The molecule has 0 radical (unpaired) electrons. The predicted molar refractivity (Wildman–Crippen MR) is 297 cm³/mol. The summed E-state index contributed by atoms with van der Waals surface area (Å²) in [4.78, 5) is 37.9. The molecular weight excluding hydrogens is 853 g/mol. The van der Waals surface area contributed by atoms with E-state index in [4.69, 9.17) is 14.2 Å². The number of unbranched alkanes of at least 4 members (excludes halogenated alkanes) is 27. The second-order valence-corrected chi connectivity index (χ2v) is 19.2. The number of carbonyl (C=O) groups excluding carboxylic acids is 3. The third-order valence-electron chi connectivity index (χ3n) is 12.4. The van der Waals surface area contributed by atoms with Gasteiger partial charge in [0.15, 0.2) is 6.10 Å². The summed E-state index contributed by atoms with van der Waals surface area (Å²) in [5, 5.41) is 0. The van der Waals surface area contributed by atoms with E-state index in [1.165, 1.54) is 128 Å². The van der Waals surface area contributed by atoms with Crippen molar-refractivity contribution in [2.75, 3.05) is 13.2 Å². The molecule has 0 aliphatic carbocycles. The highest BCUT2D eigenvalue weighted by atomic mass is 16.6. The number of esters is 3. The van der Waals surface area contributed by atoms with E-state index in [-0.39, 0.29) is 31.1 Å². The molecule has 0 aromatic rings. The molecule has 0 amide bonds. The summed E-state index contributed by atoms with van der Waals surface area (Å²) in [5.74, 6) is -0.878. The third-order valence-corrected chi connectivity index (χ3v) is 12.4. The maximum atomic E-state index is 12.8. The average Bonchev–Trinajstić information content (AvgIpc) is 3.35. The first-order chi connectivity index (χ1) is 34.0. The van der Waals surface area contributed by atoms with Crippen LogP contribution in [-0.4, -0.2) is 37.2 Å². The molecule has 0 aliphatic rings. The van der Waals surface area contributed by atoms with E-state index in [0.717, 1.165) is 109 Å². The minimum absolute atomic E-state index is 0.0740. The third kappa shape index (κ3) is 55.4. The van der Waals surface area contributed by atoms with Gasteiger partial charge in [-0.1, -0.05) is 266 Å². The largest absolute Gasteiger partial charge is 0.462 e. The Kier molecular flexibility index (Phi) is 54.3. The Balaban J connectivity index is 4.13. The van der Waals surface area contributed by atoms with E-state index in [9.17, 15) is 14.4 Å². The number of hydrogen-bond donors (Lipinski definition) is 0. The lowest BCUT2D eigenvalue weighted by molar-refractivity contribution is -0.167. The summed E-state index contributed by atoms with van der Waals surface area (Å²) in [5.41, 5.74) is 0. The maximum absolute atomic E-state index is 12.8. The van der Waals surface area contributed by atoms with Crippen LogP contribution in [0.3, 0.4) is 0 Å². The van der Waals surface area contributed by atoms with Crippen molar-refractivity contribution in [3.05, 3.63) is 85.1 Å². The summed E-state index contributed by atoms with van der Waals surface area (Å²) in [7, 11) is 0. The summed E-state index contributed by atoms with van der Waals surface area (Å²) >= 11 is 0. The molecule has 0 N–H and O–H groups in total. The van der Waals surface area contributed by atoms with E-state index in [1.807, 2.05) is 0 Å². The van der Waals surface area contributed by atoms with Crippen molar-refractivity contribution in [2.24, 2.45) is 0 Å². The Labute approximate surface area is 426 Å². The first-order valence-electron chi connectivity index (χ1n) is 29.1. The van der Waals surface area contributed by atoms with Crippen molar-refractivity contribution < 1.29 is 28.6 Å². The lowest BCUT2D eigenvalue weighted by Gasteiger charge is -2.18. The Hall–Kier alpha value is -3.41. The molecule has 0 heterocycles. The van der Waals surface area contributed by atoms with Crippen LogP contribution in [0, 0.1) is 0 Å². The van der Waals surface area contributed by atoms with Gasteiger partial charge in [0, 0.05) is 19.3 Å². The summed E-state index contributed by atoms with van der Waals surface area (Å²) < 4.78 is 16.8. The smallest absolute Gasteiger partial charge is 0.306 e. The molecule has 0 saturated heterocycles. The van der Waals surface area contributed by atoms with Gasteiger partial charge < -0.3 is 14.2 Å². The van der Waals surface area contributed by atoms with Gasteiger partial charge in [-0.25, -0.2) is 0 Å². The fourth-order valence-electron chi connectivity index (χ4n) is 8.07. The Morgan fingerprint density at radius 3 is 0.884 bits per heavy atom. The van der Waals surface area contributed by atoms with Crippen LogP contribution in [0.5, 0.6) is 0 Å². The molecule has 0 bridgehead atoms. The zero-order valence-corrected chi connectivity index (χ0v) is 45.3. The predicted octanol–water partition coefficient (Wildman–Crippen LogP) is 19.5. The second kappa shape index (κ2) is 57.2. The fourth-order valence-corrected chi connectivity index (χ4v) is 8.07. The van der Waals surface area contributed by atoms with Gasteiger partial charge >= 0.3 is 17.9 Å². The number of carbonyl (C=O) groups is 3. The van der Waals surface area contributed by atoms with Gasteiger partial charge in [-0.15, -0.1) is 0 Å². The molecule has 69 heavy (non-hydrogen) atoms. The number of allylic oxidation sites excluding steroid dienone is 14. The number of hydrogen-bond acceptors (Lipinski definition) is 6. The van der Waals surface area contributed by atoms with Gasteiger partial charge in [-0.3, -0.25) is 14.4 Å². The highest BCUT2D eigenvalue weighted by Gasteiger charge is 2.19. The molecule has 1 atom stereocenters. The highest BCUT2D eigenvalue weighted by Crippen LogP contribution is 2.15. The van der Waals surface area contributed by atoms with Gasteiger partial charge in [-0.2, -0.15) is 0 Å². The standard InChI is InChI=1S/C63H108O6/c1-4-7-10-13-16-19-22-23-24-25-26-27-28-29-30-31-32-33-34-35-36-37-38-39-40-41-42-45-47-50-53-56-62(65)68-59-60(69-63(66)57-54-51-48-44-21-18-15-12-9-6-3)58-67-61(64)55-52-49-46-43-20-17-14-11-8-5-2/h7,10,16,19,23-24,26-27,29-30,32-33,35-36,60H,4-6,8-9,11-15,17-18,20-22,25,28,31,34,37-59H2,1-3H3/b10-7-,19-16-,24-23-,27-26-,30-29-,33-32-,36-35-. The van der Waals surface area contributed by atoms with E-state index in [0.29, 0.717) is 19.3 Å². The SMILES string of the molecule is CC/C=C\C/C=C\C/C=C\C/C=C\C/C=C\C/C=C\C/C=C\CCCCCCCCCCCC(=O)OCC(COC(=O)CCCCCCCCCCCC)OC(=O)CCCCCCCCCCCC. The van der Waals surface area contributed by atoms with Gasteiger partial charge in [-0.05, 0) is 77.0 Å². The molecular formula is C63H108O6. The van der Waals surface area contributed by atoms with Crippen molar-refractivity contribution in [1.82, 2.24) is 0 Å². The molecule has 6 heteroatoms. The van der Waals surface area contributed by atoms with E-state index in [1.54, 1.807) is 0 Å². The van der Waals surface area contributed by atoms with Crippen molar-refractivity contribution in [1.29, 1.82) is 0 Å². The van der Waals surface area contributed by atoms with Crippen molar-refractivity contribution in [3.63, 3.8) is 0 Å². The molecule has 0 aliphatic heterocycles. The van der Waals surface area contributed by atoms with Crippen LogP contribution in [0.2, 0.25) is 0 Å². The van der Waals surface area contributed by atoms with Crippen molar-refractivity contribution in [3.8, 4) is 0 Å². The quantitative estimate of drug-likeness (QED) is 0.0262. The zero-order chi connectivity index (χ0) is 50.0. The monoisotopic (exact) mass is 961 g/mol. The maximum Gasteiger partial charge on any atom is 0.306 e. The van der Waals surface area contributed by atoms with Crippen molar-refractivity contribution in [2.45, 2.75) is 284 Å². The molecule has 0 fully saturated rings. The van der Waals surface area contributed by atoms with Gasteiger partial charge in [0.05, 0.1) is 0 Å². The van der Waals surface area contributed by atoms with Crippen LogP contribution >= 0.6 is 0 Å².